The van der Waals surface area contributed by atoms with Gasteiger partial charge < -0.3 is 10.2 Å². The Morgan fingerprint density at radius 2 is 1.69 bits per heavy atom. The van der Waals surface area contributed by atoms with E-state index in [-0.39, 0.29) is 11.8 Å². The molecule has 2 amide bonds. The van der Waals surface area contributed by atoms with Crippen LogP contribution in [0.1, 0.15) is 35.6 Å². The molecule has 0 spiro atoms. The number of nitrogens with zero attached hydrogens (tertiary/aromatic N) is 1. The molecular formula is C23H29ClN2O2S. The summed E-state index contributed by atoms with van der Waals surface area (Å²) in [5.74, 6) is 0.910. The minimum Gasteiger partial charge on any atom is -0.357 e. The molecule has 0 fully saturated rings. The van der Waals surface area contributed by atoms with E-state index in [4.69, 9.17) is 11.6 Å². The van der Waals surface area contributed by atoms with E-state index in [1.807, 2.05) is 19.1 Å². The fraction of sp³-hybridized carbons (Fsp3) is 0.391. The zero-order chi connectivity index (χ0) is 21.4. The van der Waals surface area contributed by atoms with Crippen molar-refractivity contribution < 1.29 is 9.59 Å². The van der Waals surface area contributed by atoms with Crippen molar-refractivity contribution in [3.05, 3.63) is 69.7 Å². The number of rotatable bonds is 9. The summed E-state index contributed by atoms with van der Waals surface area (Å²) in [6, 6.07) is 13.3. The van der Waals surface area contributed by atoms with E-state index in [0.29, 0.717) is 23.7 Å². The van der Waals surface area contributed by atoms with Crippen molar-refractivity contribution in [1.29, 1.82) is 0 Å². The lowest BCUT2D eigenvalue weighted by atomic mass is 10.1. The first-order valence-electron chi connectivity index (χ1n) is 9.74. The Bertz CT molecular complexity index is 819. The molecule has 6 heteroatoms. The van der Waals surface area contributed by atoms with Crippen molar-refractivity contribution in [3.63, 3.8) is 0 Å². The molecule has 0 unspecified atom stereocenters. The Kier molecular flexibility index (Phi) is 9.05. The number of amides is 2. The molecule has 0 heterocycles. The number of carbonyl (C=O) groups is 2. The van der Waals surface area contributed by atoms with E-state index >= 15 is 0 Å². The Morgan fingerprint density at radius 1 is 1.07 bits per heavy atom. The van der Waals surface area contributed by atoms with Gasteiger partial charge in [0.1, 0.15) is 6.04 Å². The highest BCUT2D eigenvalue weighted by Gasteiger charge is 2.27. The van der Waals surface area contributed by atoms with Crippen molar-refractivity contribution in [2.45, 2.75) is 45.5 Å². The zero-order valence-corrected chi connectivity index (χ0v) is 19.1. The fourth-order valence-electron chi connectivity index (χ4n) is 3.36. The molecular weight excluding hydrogens is 404 g/mol. The Labute approximate surface area is 183 Å². The van der Waals surface area contributed by atoms with Gasteiger partial charge in [-0.1, -0.05) is 60.0 Å². The number of hydrogen-bond acceptors (Lipinski definition) is 3. The van der Waals surface area contributed by atoms with Crippen molar-refractivity contribution in [2.24, 2.45) is 0 Å². The second-order valence-electron chi connectivity index (χ2n) is 7.18. The van der Waals surface area contributed by atoms with Gasteiger partial charge in [-0.25, -0.2) is 0 Å². The molecule has 2 rings (SSSR count). The summed E-state index contributed by atoms with van der Waals surface area (Å²) in [7, 11) is 1.60. The lowest BCUT2D eigenvalue weighted by Gasteiger charge is -2.30. The number of benzene rings is 2. The molecule has 0 saturated carbocycles. The number of likely N-dealkylation sites (N-methyl/N-ethyl adjacent to an activating group) is 1. The van der Waals surface area contributed by atoms with Gasteiger partial charge in [-0.3, -0.25) is 9.59 Å². The normalized spacial score (nSPS) is 11.8. The van der Waals surface area contributed by atoms with Crippen LogP contribution in [0.4, 0.5) is 0 Å². The van der Waals surface area contributed by atoms with E-state index in [1.54, 1.807) is 35.8 Å². The number of nitrogens with one attached hydrogen (secondary N) is 1. The van der Waals surface area contributed by atoms with Crippen LogP contribution in [0.25, 0.3) is 0 Å². The topological polar surface area (TPSA) is 49.4 Å². The minimum absolute atomic E-state index is 0.0372. The van der Waals surface area contributed by atoms with E-state index < -0.39 is 6.04 Å². The molecule has 29 heavy (non-hydrogen) atoms. The van der Waals surface area contributed by atoms with Crippen molar-refractivity contribution in [1.82, 2.24) is 10.2 Å². The number of aryl methyl sites for hydroxylation is 2. The van der Waals surface area contributed by atoms with Gasteiger partial charge in [0.05, 0.1) is 5.75 Å². The van der Waals surface area contributed by atoms with Crippen LogP contribution in [0.3, 0.4) is 0 Å². The van der Waals surface area contributed by atoms with E-state index in [1.165, 1.54) is 16.7 Å². The molecule has 0 aliphatic heterocycles. The molecule has 0 aliphatic rings. The van der Waals surface area contributed by atoms with Crippen LogP contribution in [0, 0.1) is 13.8 Å². The monoisotopic (exact) mass is 432 g/mol. The summed E-state index contributed by atoms with van der Waals surface area (Å²) in [6.07, 6.45) is 0.556. The van der Waals surface area contributed by atoms with Gasteiger partial charge >= 0.3 is 0 Å². The van der Waals surface area contributed by atoms with Gasteiger partial charge in [0, 0.05) is 24.4 Å². The first-order chi connectivity index (χ1) is 13.8. The van der Waals surface area contributed by atoms with Crippen molar-refractivity contribution in [2.75, 3.05) is 12.8 Å². The molecule has 4 nitrogen and oxygen atoms in total. The summed E-state index contributed by atoms with van der Waals surface area (Å²) in [4.78, 5) is 27.1. The van der Waals surface area contributed by atoms with Crippen LogP contribution in [0.2, 0.25) is 5.02 Å². The molecule has 0 radical (unpaired) electrons. The molecule has 2 aromatic rings. The van der Waals surface area contributed by atoms with Crippen LogP contribution in [0.15, 0.2) is 42.5 Å². The van der Waals surface area contributed by atoms with Crippen molar-refractivity contribution >= 4 is 35.2 Å². The molecule has 0 aromatic heterocycles. The standard InChI is InChI=1S/C23H29ClN2O2S/c1-5-21(23(28)25-4)26(13-18-6-8-20(24)9-7-18)22(27)15-29-14-19-11-16(2)10-17(3)12-19/h6-12,21H,5,13-15H2,1-4H3,(H,25,28)/t21-/m1/s1. The predicted octanol–water partition coefficient (Wildman–Crippen LogP) is 4.74. The Hall–Kier alpha value is -1.98. The van der Waals surface area contributed by atoms with E-state index in [0.717, 1.165) is 11.3 Å². The summed E-state index contributed by atoms with van der Waals surface area (Å²) in [5, 5.41) is 3.33. The van der Waals surface area contributed by atoms with Gasteiger partial charge in [-0.2, -0.15) is 0 Å². The average molecular weight is 433 g/mol. The maximum Gasteiger partial charge on any atom is 0.242 e. The molecule has 0 aliphatic carbocycles. The molecule has 2 aromatic carbocycles. The van der Waals surface area contributed by atoms with Crippen LogP contribution < -0.4 is 5.32 Å². The first-order valence-corrected chi connectivity index (χ1v) is 11.3. The summed E-state index contributed by atoms with van der Waals surface area (Å²) >= 11 is 7.55. The maximum atomic E-state index is 13.1. The van der Waals surface area contributed by atoms with E-state index in [9.17, 15) is 9.59 Å². The molecule has 1 N–H and O–H groups in total. The Balaban J connectivity index is 2.10. The number of carbonyl (C=O) groups excluding carboxylic acids is 2. The van der Waals surface area contributed by atoms with E-state index in [2.05, 4.69) is 37.4 Å². The highest BCUT2D eigenvalue weighted by molar-refractivity contribution is 7.99. The quantitative estimate of drug-likeness (QED) is 0.622. The first kappa shape index (κ1) is 23.3. The van der Waals surface area contributed by atoms with Gasteiger partial charge in [0.15, 0.2) is 0 Å². The summed E-state index contributed by atoms with van der Waals surface area (Å²) < 4.78 is 0. The molecule has 156 valence electrons. The Morgan fingerprint density at radius 3 is 2.24 bits per heavy atom. The fourth-order valence-corrected chi connectivity index (χ4v) is 4.33. The third-order valence-corrected chi connectivity index (χ3v) is 5.91. The van der Waals surface area contributed by atoms with Gasteiger partial charge in [-0.05, 0) is 43.5 Å². The maximum absolute atomic E-state index is 13.1. The SMILES string of the molecule is CC[C@H](C(=O)NC)N(Cc1ccc(Cl)cc1)C(=O)CSCc1cc(C)cc(C)c1. The average Bonchev–Trinajstić information content (AvgIpc) is 2.68. The van der Waals surface area contributed by atoms with Crippen molar-refractivity contribution in [3.8, 4) is 0 Å². The highest BCUT2D eigenvalue weighted by Crippen LogP contribution is 2.19. The second-order valence-corrected chi connectivity index (χ2v) is 8.60. The van der Waals surface area contributed by atoms with Crippen LogP contribution in [-0.4, -0.2) is 35.6 Å². The lowest BCUT2D eigenvalue weighted by molar-refractivity contribution is -0.139. The number of hydrogen-bond donors (Lipinski definition) is 1. The van der Waals surface area contributed by atoms with Crippen LogP contribution in [-0.2, 0) is 21.9 Å². The lowest BCUT2D eigenvalue weighted by Crippen LogP contribution is -2.48. The smallest absolute Gasteiger partial charge is 0.242 e. The molecule has 1 atom stereocenters. The van der Waals surface area contributed by atoms with Crippen LogP contribution in [0.5, 0.6) is 0 Å². The second kappa shape index (κ2) is 11.3. The number of halogens is 1. The third-order valence-electron chi connectivity index (χ3n) is 4.67. The summed E-state index contributed by atoms with van der Waals surface area (Å²) in [6.45, 7) is 6.46. The largest absolute Gasteiger partial charge is 0.357 e. The van der Waals surface area contributed by atoms with Crippen LogP contribution >= 0.6 is 23.4 Å². The zero-order valence-electron chi connectivity index (χ0n) is 17.5. The van der Waals surface area contributed by atoms with Gasteiger partial charge in [0.25, 0.3) is 0 Å². The minimum atomic E-state index is -0.495. The number of thioether (sulfide) groups is 1. The predicted molar refractivity (Wildman–Crippen MR) is 122 cm³/mol. The summed E-state index contributed by atoms with van der Waals surface area (Å²) in [5.41, 5.74) is 4.61. The highest BCUT2D eigenvalue weighted by atomic mass is 35.5. The third kappa shape index (κ3) is 7.09. The molecule has 0 saturated heterocycles. The van der Waals surface area contributed by atoms with Gasteiger partial charge in [-0.15, -0.1) is 11.8 Å². The van der Waals surface area contributed by atoms with Gasteiger partial charge in [0.2, 0.25) is 11.8 Å². The molecule has 0 bridgehead atoms.